The van der Waals surface area contributed by atoms with Gasteiger partial charge in [0.2, 0.25) is 0 Å². The predicted octanol–water partition coefficient (Wildman–Crippen LogP) is 10.5. The summed E-state index contributed by atoms with van der Waals surface area (Å²) in [4.78, 5) is 21.9. The van der Waals surface area contributed by atoms with Crippen molar-refractivity contribution in [3.05, 3.63) is 126 Å². The number of benzene rings is 4. The summed E-state index contributed by atoms with van der Waals surface area (Å²) in [6, 6.07) is 6.60. The van der Waals surface area contributed by atoms with E-state index in [0.717, 1.165) is 24.3 Å². The Hall–Kier alpha value is -4.98. The van der Waals surface area contributed by atoms with Gasteiger partial charge < -0.3 is 20.8 Å². The molecule has 4 aromatic rings. The highest BCUT2D eigenvalue weighted by Crippen LogP contribution is 2.38. The number of rotatable bonds is 8. The van der Waals surface area contributed by atoms with E-state index >= 15 is 0 Å². The molecule has 0 saturated heterocycles. The van der Waals surface area contributed by atoms with Crippen LogP contribution in [-0.4, -0.2) is 22.2 Å². The number of anilines is 2. The molecule has 0 aliphatic heterocycles. The fourth-order valence-electron chi connectivity index (χ4n) is 4.14. The molecule has 0 radical (unpaired) electrons. The van der Waals surface area contributed by atoms with E-state index in [1.807, 2.05) is 0 Å². The molecule has 0 spiro atoms. The molecule has 4 aromatic carbocycles. The molecule has 0 bridgehead atoms. The Bertz CT molecular complexity index is 1850. The summed E-state index contributed by atoms with van der Waals surface area (Å²) in [6.45, 7) is -1.91. The lowest BCUT2D eigenvalue weighted by molar-refractivity contribution is -0.144. The minimum absolute atomic E-state index is 0.0497. The number of nitrogens with one attached hydrogen (secondary N) is 2. The van der Waals surface area contributed by atoms with Crippen LogP contribution in [0.3, 0.4) is 0 Å². The molecule has 0 aliphatic carbocycles. The quantitative estimate of drug-likeness (QED) is 0.105. The molecule has 22 heteroatoms. The Balaban J connectivity index is 0.000000280. The zero-order valence-electron chi connectivity index (χ0n) is 24.6. The van der Waals surface area contributed by atoms with Crippen molar-refractivity contribution in [3.8, 4) is 0 Å². The molecule has 52 heavy (non-hydrogen) atoms. The average Bonchev–Trinajstić information content (AvgIpc) is 3.03. The van der Waals surface area contributed by atoms with Crippen molar-refractivity contribution in [2.75, 3.05) is 10.6 Å². The zero-order valence-corrected chi connectivity index (χ0v) is 26.1. The normalized spacial score (nSPS) is 11.5. The van der Waals surface area contributed by atoms with Crippen molar-refractivity contribution in [3.63, 3.8) is 0 Å². The first-order valence-corrected chi connectivity index (χ1v) is 14.0. The number of hydrogen-bond acceptors (Lipinski definition) is 4. The minimum Gasteiger partial charge on any atom is -0.478 e. The highest BCUT2D eigenvalue weighted by Gasteiger charge is 2.43. The fraction of sp³-hybridized carbons (Fsp3) is 0.133. The van der Waals surface area contributed by atoms with Gasteiger partial charge in [0.25, 0.3) is 0 Å². The molecule has 280 valence electrons. The molecular formula is C30H14Cl2F14N2O4. The maximum Gasteiger partial charge on any atom is 0.422 e. The Morgan fingerprint density at radius 1 is 0.519 bits per heavy atom. The monoisotopic (exact) mass is 802 g/mol. The molecular weight excluding hydrogens is 789 g/mol. The molecule has 0 fully saturated rings. The molecule has 0 atom stereocenters. The van der Waals surface area contributed by atoms with Crippen LogP contribution in [0.25, 0.3) is 0 Å². The Kier molecular flexibility index (Phi) is 12.5. The number of carboxylic acids is 2. The molecule has 0 heterocycles. The van der Waals surface area contributed by atoms with E-state index in [2.05, 4.69) is 10.6 Å². The van der Waals surface area contributed by atoms with Crippen molar-refractivity contribution < 1.29 is 81.3 Å². The Labute approximate surface area is 290 Å². The van der Waals surface area contributed by atoms with Crippen LogP contribution < -0.4 is 10.6 Å². The molecule has 4 rings (SSSR count). The van der Waals surface area contributed by atoms with Gasteiger partial charge in [-0.2, -0.15) is 26.3 Å². The molecule has 0 aromatic heterocycles. The van der Waals surface area contributed by atoms with E-state index in [0.29, 0.717) is 0 Å². The summed E-state index contributed by atoms with van der Waals surface area (Å²) < 4.78 is 184. The van der Waals surface area contributed by atoms with E-state index in [4.69, 9.17) is 33.4 Å². The van der Waals surface area contributed by atoms with Crippen LogP contribution in [0.4, 0.5) is 72.8 Å². The second-order valence-electron chi connectivity index (χ2n) is 9.92. The maximum absolute atomic E-state index is 13.8. The number of hydrogen-bond donors (Lipinski definition) is 4. The number of alkyl halides is 6. The SMILES string of the molecule is O=C(O)c1cc(NCc2c(F)c(F)c(C(F)(F)F)c(F)c2F)ccc1Cl.O=C(O)c1cc(NCc2c(F)c(F)c(C(F)(F)F)c(F)c2F)ccc1Cl. The van der Waals surface area contributed by atoms with Crippen LogP contribution in [0.15, 0.2) is 36.4 Å². The third kappa shape index (κ3) is 8.90. The minimum atomic E-state index is -5.63. The average molecular weight is 803 g/mol. The summed E-state index contributed by atoms with van der Waals surface area (Å²) in [5.41, 5.74) is -8.83. The lowest BCUT2D eigenvalue weighted by Gasteiger charge is -2.15. The van der Waals surface area contributed by atoms with Gasteiger partial charge in [-0.1, -0.05) is 23.2 Å². The van der Waals surface area contributed by atoms with Crippen LogP contribution in [0, 0.1) is 46.5 Å². The van der Waals surface area contributed by atoms with Crippen LogP contribution in [0.5, 0.6) is 0 Å². The fourth-order valence-corrected chi connectivity index (χ4v) is 4.54. The van der Waals surface area contributed by atoms with Gasteiger partial charge in [0.15, 0.2) is 46.5 Å². The number of aromatic carboxylic acids is 2. The summed E-state index contributed by atoms with van der Waals surface area (Å²) in [5, 5.41) is 22.0. The standard InChI is InChI=1S/2C15H7ClF7NO2/c2*16-8-2-1-5(3-6(8)14(25)26)24-4-7-10(17)12(19)9(15(21,22)23)13(20)11(7)18/h2*1-3,24H,4H2,(H,25,26). The largest absolute Gasteiger partial charge is 0.478 e. The zero-order chi connectivity index (χ0) is 39.6. The smallest absolute Gasteiger partial charge is 0.422 e. The van der Waals surface area contributed by atoms with Crippen LogP contribution in [-0.2, 0) is 25.4 Å². The third-order valence-corrected chi connectivity index (χ3v) is 7.27. The van der Waals surface area contributed by atoms with Gasteiger partial charge in [0, 0.05) is 35.6 Å². The van der Waals surface area contributed by atoms with Gasteiger partial charge in [-0.05, 0) is 36.4 Å². The highest BCUT2D eigenvalue weighted by atomic mass is 35.5. The van der Waals surface area contributed by atoms with Gasteiger partial charge >= 0.3 is 24.3 Å². The van der Waals surface area contributed by atoms with Crippen molar-refractivity contribution in [1.82, 2.24) is 0 Å². The van der Waals surface area contributed by atoms with Crippen LogP contribution in [0.1, 0.15) is 43.0 Å². The summed E-state index contributed by atoms with van der Waals surface area (Å²) in [6.07, 6.45) is -11.3. The van der Waals surface area contributed by atoms with Crippen molar-refractivity contribution in [1.29, 1.82) is 0 Å². The number of halogens is 16. The second-order valence-corrected chi connectivity index (χ2v) is 10.7. The molecule has 0 aliphatic rings. The van der Waals surface area contributed by atoms with Crippen molar-refractivity contribution in [2.45, 2.75) is 25.4 Å². The lowest BCUT2D eigenvalue weighted by atomic mass is 10.1. The van der Waals surface area contributed by atoms with Gasteiger partial charge in [0.05, 0.1) is 21.2 Å². The van der Waals surface area contributed by atoms with Crippen molar-refractivity contribution >= 4 is 46.5 Å². The topological polar surface area (TPSA) is 98.7 Å². The van der Waals surface area contributed by atoms with Gasteiger partial charge in [0.1, 0.15) is 11.1 Å². The summed E-state index contributed by atoms with van der Waals surface area (Å²) in [7, 11) is 0. The van der Waals surface area contributed by atoms with Gasteiger partial charge in [-0.25, -0.2) is 44.7 Å². The summed E-state index contributed by atoms with van der Waals surface area (Å²) in [5.74, 6) is -22.0. The third-order valence-electron chi connectivity index (χ3n) is 6.61. The van der Waals surface area contributed by atoms with E-state index < -0.39 is 106 Å². The maximum atomic E-state index is 13.8. The molecule has 0 amide bonds. The number of carbonyl (C=O) groups is 2. The first-order valence-electron chi connectivity index (χ1n) is 13.3. The second kappa shape index (κ2) is 15.7. The lowest BCUT2D eigenvalue weighted by Crippen LogP contribution is -2.18. The Morgan fingerprint density at radius 2 is 0.788 bits per heavy atom. The first kappa shape index (κ1) is 41.4. The Morgan fingerprint density at radius 3 is 1.02 bits per heavy atom. The molecule has 6 nitrogen and oxygen atoms in total. The van der Waals surface area contributed by atoms with E-state index in [1.54, 1.807) is 0 Å². The molecule has 4 N–H and O–H groups in total. The van der Waals surface area contributed by atoms with E-state index in [9.17, 15) is 71.1 Å². The molecule has 0 unspecified atom stereocenters. The first-order chi connectivity index (χ1) is 23.9. The van der Waals surface area contributed by atoms with Gasteiger partial charge in [-0.15, -0.1) is 0 Å². The van der Waals surface area contributed by atoms with Crippen LogP contribution >= 0.6 is 23.2 Å². The highest BCUT2D eigenvalue weighted by molar-refractivity contribution is 6.34. The predicted molar refractivity (Wildman–Crippen MR) is 154 cm³/mol. The number of carboxylic acid groups (broad SMARTS) is 2. The summed E-state index contributed by atoms with van der Waals surface area (Å²) >= 11 is 11.3. The van der Waals surface area contributed by atoms with Crippen molar-refractivity contribution in [2.24, 2.45) is 0 Å². The van der Waals surface area contributed by atoms with E-state index in [-0.39, 0.29) is 32.5 Å². The van der Waals surface area contributed by atoms with Crippen LogP contribution in [0.2, 0.25) is 10.0 Å². The van der Waals surface area contributed by atoms with E-state index in [1.165, 1.54) is 12.1 Å². The van der Waals surface area contributed by atoms with Gasteiger partial charge in [-0.3, -0.25) is 0 Å². The molecule has 0 saturated carbocycles.